The van der Waals surface area contributed by atoms with Crippen molar-refractivity contribution < 1.29 is 9.53 Å². The topological polar surface area (TPSA) is 60.2 Å². The largest absolute Gasteiger partial charge is 0.481 e. The van der Waals surface area contributed by atoms with E-state index < -0.39 is 0 Å². The Kier molecular flexibility index (Phi) is 5.36. The van der Waals surface area contributed by atoms with Crippen LogP contribution in [0.25, 0.3) is 0 Å². The number of pyridine rings is 1. The van der Waals surface area contributed by atoms with Gasteiger partial charge in [-0.05, 0) is 44.7 Å². The molecule has 0 aromatic carbocycles. The van der Waals surface area contributed by atoms with Crippen molar-refractivity contribution in [2.45, 2.75) is 45.1 Å². The van der Waals surface area contributed by atoms with Crippen LogP contribution in [0.15, 0.2) is 24.4 Å². The molecule has 6 heteroatoms. The molecule has 1 amide bonds. The number of aromatic nitrogens is 3. The lowest BCUT2D eigenvalue weighted by Crippen LogP contribution is -2.30. The highest BCUT2D eigenvalue weighted by Gasteiger charge is 2.34. The van der Waals surface area contributed by atoms with Crippen LogP contribution < -0.4 is 4.74 Å². The van der Waals surface area contributed by atoms with Crippen LogP contribution in [0.5, 0.6) is 5.88 Å². The highest BCUT2D eigenvalue weighted by Crippen LogP contribution is 2.39. The van der Waals surface area contributed by atoms with E-state index in [1.807, 2.05) is 37.1 Å². The number of ether oxygens (including phenoxy) is 1. The van der Waals surface area contributed by atoms with Gasteiger partial charge in [0.1, 0.15) is 0 Å². The molecule has 1 atom stereocenters. The Morgan fingerprint density at radius 3 is 2.96 bits per heavy atom. The van der Waals surface area contributed by atoms with E-state index in [1.54, 1.807) is 18.0 Å². The first-order valence-corrected chi connectivity index (χ1v) is 8.88. The molecule has 0 bridgehead atoms. The summed E-state index contributed by atoms with van der Waals surface area (Å²) >= 11 is 0. The molecule has 2 aromatic rings. The lowest BCUT2D eigenvalue weighted by molar-refractivity contribution is -0.132. The smallest absolute Gasteiger partial charge is 0.223 e. The number of amides is 1. The van der Waals surface area contributed by atoms with Crippen molar-refractivity contribution >= 4 is 5.91 Å². The van der Waals surface area contributed by atoms with E-state index in [-0.39, 0.29) is 11.9 Å². The van der Waals surface area contributed by atoms with Crippen molar-refractivity contribution in [1.29, 1.82) is 0 Å². The summed E-state index contributed by atoms with van der Waals surface area (Å²) in [7, 11) is 3.54. The maximum Gasteiger partial charge on any atom is 0.223 e. The summed E-state index contributed by atoms with van der Waals surface area (Å²) in [5, 5.41) is 4.47. The minimum absolute atomic E-state index is 0.0750. The number of methoxy groups -OCH3 is 1. The summed E-state index contributed by atoms with van der Waals surface area (Å²) in [6.45, 7) is 2.80. The Morgan fingerprint density at radius 2 is 2.24 bits per heavy atom. The molecule has 3 heterocycles. The van der Waals surface area contributed by atoms with Crippen LogP contribution in [0.3, 0.4) is 0 Å². The molecule has 0 N–H and O–H groups in total. The van der Waals surface area contributed by atoms with Crippen LogP contribution in [0, 0.1) is 6.92 Å². The maximum atomic E-state index is 12.8. The Balaban J connectivity index is 1.66. The van der Waals surface area contributed by atoms with Gasteiger partial charge in [0.25, 0.3) is 0 Å². The van der Waals surface area contributed by atoms with Crippen molar-refractivity contribution in [3.05, 3.63) is 41.3 Å². The van der Waals surface area contributed by atoms with Gasteiger partial charge in [0.05, 0.1) is 24.4 Å². The van der Waals surface area contributed by atoms with Gasteiger partial charge in [-0.2, -0.15) is 5.10 Å². The first kappa shape index (κ1) is 17.5. The van der Waals surface area contributed by atoms with E-state index in [4.69, 9.17) is 4.74 Å². The van der Waals surface area contributed by atoms with E-state index in [0.717, 1.165) is 55.1 Å². The van der Waals surface area contributed by atoms with E-state index in [9.17, 15) is 4.79 Å². The highest BCUT2D eigenvalue weighted by atomic mass is 16.5. The molecule has 1 saturated heterocycles. The number of hydrogen-bond donors (Lipinski definition) is 0. The van der Waals surface area contributed by atoms with Crippen LogP contribution in [0.2, 0.25) is 0 Å². The number of nitrogens with zero attached hydrogens (tertiary/aromatic N) is 4. The second kappa shape index (κ2) is 7.68. The SMILES string of the molecule is COc1c(C2CCCN2C(=O)CCCc2ccccn2)c(C)nn1C. The Labute approximate surface area is 148 Å². The summed E-state index contributed by atoms with van der Waals surface area (Å²) in [5.74, 6) is 0.972. The zero-order valence-corrected chi connectivity index (χ0v) is 15.2. The van der Waals surface area contributed by atoms with Gasteiger partial charge in [0, 0.05) is 31.9 Å². The average molecular weight is 342 g/mol. The summed E-state index contributed by atoms with van der Waals surface area (Å²) in [5.41, 5.74) is 3.04. The van der Waals surface area contributed by atoms with E-state index >= 15 is 0 Å². The molecule has 0 radical (unpaired) electrons. The van der Waals surface area contributed by atoms with Gasteiger partial charge in [0.2, 0.25) is 11.8 Å². The van der Waals surface area contributed by atoms with Crippen molar-refractivity contribution in [3.63, 3.8) is 0 Å². The van der Waals surface area contributed by atoms with Crippen LogP contribution in [-0.4, -0.2) is 39.2 Å². The number of hydrogen-bond acceptors (Lipinski definition) is 4. The van der Waals surface area contributed by atoms with E-state index in [2.05, 4.69) is 10.1 Å². The summed E-state index contributed by atoms with van der Waals surface area (Å²) in [6, 6.07) is 5.98. The van der Waals surface area contributed by atoms with Crippen LogP contribution in [0.1, 0.15) is 48.7 Å². The summed E-state index contributed by atoms with van der Waals surface area (Å²) in [4.78, 5) is 19.1. The fourth-order valence-corrected chi connectivity index (χ4v) is 3.75. The average Bonchev–Trinajstić information content (AvgIpc) is 3.19. The zero-order valence-electron chi connectivity index (χ0n) is 15.2. The monoisotopic (exact) mass is 342 g/mol. The van der Waals surface area contributed by atoms with Gasteiger partial charge >= 0.3 is 0 Å². The molecule has 3 rings (SSSR count). The molecule has 1 aliphatic rings. The lowest BCUT2D eigenvalue weighted by atomic mass is 10.0. The fraction of sp³-hybridized carbons (Fsp3) is 0.526. The molecule has 2 aromatic heterocycles. The Hall–Kier alpha value is -2.37. The summed E-state index contributed by atoms with van der Waals surface area (Å²) in [6.07, 6.45) is 5.99. The van der Waals surface area contributed by atoms with Gasteiger partial charge in [-0.15, -0.1) is 0 Å². The number of carbonyl (C=O) groups excluding carboxylic acids is 1. The molecule has 1 aliphatic heterocycles. The Morgan fingerprint density at radius 1 is 1.40 bits per heavy atom. The van der Waals surface area contributed by atoms with Gasteiger partial charge in [-0.25, -0.2) is 4.68 Å². The molecule has 134 valence electrons. The number of carbonyl (C=O) groups is 1. The third-order valence-electron chi connectivity index (χ3n) is 4.86. The fourth-order valence-electron chi connectivity index (χ4n) is 3.75. The highest BCUT2D eigenvalue weighted by molar-refractivity contribution is 5.77. The molecule has 25 heavy (non-hydrogen) atoms. The Bertz CT molecular complexity index is 727. The second-order valence-electron chi connectivity index (χ2n) is 6.55. The van der Waals surface area contributed by atoms with Gasteiger partial charge in [0.15, 0.2) is 0 Å². The van der Waals surface area contributed by atoms with Crippen molar-refractivity contribution in [2.24, 2.45) is 7.05 Å². The predicted molar refractivity (Wildman–Crippen MR) is 95.4 cm³/mol. The zero-order chi connectivity index (χ0) is 17.8. The van der Waals surface area contributed by atoms with Crippen LogP contribution in [-0.2, 0) is 18.3 Å². The molecule has 0 spiro atoms. The van der Waals surface area contributed by atoms with E-state index in [0.29, 0.717) is 6.42 Å². The van der Waals surface area contributed by atoms with Crippen LogP contribution >= 0.6 is 0 Å². The quantitative estimate of drug-likeness (QED) is 0.810. The predicted octanol–water partition coefficient (Wildman–Crippen LogP) is 2.82. The maximum absolute atomic E-state index is 12.8. The number of aryl methyl sites for hydroxylation is 3. The first-order chi connectivity index (χ1) is 12.1. The first-order valence-electron chi connectivity index (χ1n) is 8.88. The number of rotatable bonds is 6. The molecule has 1 unspecified atom stereocenters. The molecular formula is C19H26N4O2. The van der Waals surface area contributed by atoms with E-state index in [1.165, 1.54) is 0 Å². The summed E-state index contributed by atoms with van der Waals surface area (Å²) < 4.78 is 7.29. The van der Waals surface area contributed by atoms with Crippen molar-refractivity contribution in [1.82, 2.24) is 19.7 Å². The molecule has 6 nitrogen and oxygen atoms in total. The minimum Gasteiger partial charge on any atom is -0.481 e. The molecular weight excluding hydrogens is 316 g/mol. The van der Waals surface area contributed by atoms with Gasteiger partial charge < -0.3 is 9.64 Å². The number of likely N-dealkylation sites (tertiary alicyclic amines) is 1. The molecule has 1 fully saturated rings. The molecule has 0 saturated carbocycles. The van der Waals surface area contributed by atoms with Crippen molar-refractivity contribution in [2.75, 3.05) is 13.7 Å². The van der Waals surface area contributed by atoms with Gasteiger partial charge in [-0.3, -0.25) is 9.78 Å². The minimum atomic E-state index is 0.0750. The van der Waals surface area contributed by atoms with Crippen molar-refractivity contribution in [3.8, 4) is 5.88 Å². The van der Waals surface area contributed by atoms with Gasteiger partial charge in [-0.1, -0.05) is 6.07 Å². The lowest BCUT2D eigenvalue weighted by Gasteiger charge is -2.25. The standard InChI is InChI=1S/C19H26N4O2/c1-14-18(19(25-3)22(2)21-14)16-10-7-13-23(16)17(24)11-6-9-15-8-4-5-12-20-15/h4-5,8,12,16H,6-7,9-11,13H2,1-3H3. The van der Waals surface area contributed by atoms with Crippen LogP contribution in [0.4, 0.5) is 0 Å². The normalized spacial score (nSPS) is 17.1. The third kappa shape index (κ3) is 3.67. The second-order valence-corrected chi connectivity index (χ2v) is 6.55. The molecule has 0 aliphatic carbocycles. The third-order valence-corrected chi connectivity index (χ3v) is 4.86.